The quantitative estimate of drug-likeness (QED) is 0.581. The molecule has 2 aromatic rings. The number of rotatable bonds is 4. The van der Waals surface area contributed by atoms with E-state index < -0.39 is 0 Å². The molecule has 0 radical (unpaired) electrons. The molecule has 16 heavy (non-hydrogen) atoms. The molecule has 1 aromatic heterocycles. The van der Waals surface area contributed by atoms with Gasteiger partial charge in [0.2, 0.25) is 0 Å². The first kappa shape index (κ1) is 10.5. The third-order valence-electron chi connectivity index (χ3n) is 2.25. The molecule has 0 unspecified atom stereocenters. The van der Waals surface area contributed by atoms with Crippen molar-refractivity contribution in [1.82, 2.24) is 15.5 Å². The van der Waals surface area contributed by atoms with Crippen LogP contribution in [0.25, 0.3) is 0 Å². The molecule has 0 atom stereocenters. The smallest absolute Gasteiger partial charge is 0.157 e. The molecule has 2 rings (SSSR count). The Bertz CT molecular complexity index is 454. The molecular weight excluding hydrogens is 206 g/mol. The van der Waals surface area contributed by atoms with Crippen LogP contribution in [-0.2, 0) is 13.1 Å². The van der Waals surface area contributed by atoms with E-state index in [2.05, 4.69) is 15.5 Å². The first-order valence-electron chi connectivity index (χ1n) is 4.95. The zero-order valence-corrected chi connectivity index (χ0v) is 8.64. The van der Waals surface area contributed by atoms with Crippen LogP contribution in [0.2, 0.25) is 0 Å². The van der Waals surface area contributed by atoms with E-state index in [1.54, 1.807) is 12.3 Å². The molecule has 5 nitrogen and oxygen atoms in total. The lowest BCUT2D eigenvalue weighted by atomic mass is 10.2. The number of hydrogen-bond acceptors (Lipinski definition) is 4. The molecular formula is C11H13N3O2. The molecule has 0 aliphatic heterocycles. The van der Waals surface area contributed by atoms with Crippen LogP contribution < -0.4 is 5.32 Å². The van der Waals surface area contributed by atoms with Crippen molar-refractivity contribution in [2.45, 2.75) is 13.1 Å². The molecule has 0 saturated carbocycles. The fourth-order valence-electron chi connectivity index (χ4n) is 1.40. The summed E-state index contributed by atoms with van der Waals surface area (Å²) in [5, 5.41) is 28.2. The van der Waals surface area contributed by atoms with Gasteiger partial charge in [-0.15, -0.1) is 0 Å². The summed E-state index contributed by atoms with van der Waals surface area (Å²) >= 11 is 0. The molecule has 0 aliphatic rings. The Kier molecular flexibility index (Phi) is 3.07. The van der Waals surface area contributed by atoms with E-state index in [4.69, 9.17) is 5.11 Å². The van der Waals surface area contributed by atoms with Crippen molar-refractivity contribution in [3.63, 3.8) is 0 Å². The predicted octanol–water partition coefficient (Wildman–Crippen LogP) is 1.11. The number of benzene rings is 1. The van der Waals surface area contributed by atoms with Crippen LogP contribution in [0.1, 0.15) is 11.1 Å². The summed E-state index contributed by atoms with van der Waals surface area (Å²) in [7, 11) is 0. The van der Waals surface area contributed by atoms with Crippen LogP contribution in [0.4, 0.5) is 0 Å². The molecule has 1 aromatic carbocycles. The van der Waals surface area contributed by atoms with Gasteiger partial charge in [0.15, 0.2) is 11.5 Å². The second-order valence-electron chi connectivity index (χ2n) is 3.53. The minimum absolute atomic E-state index is 0.0948. The van der Waals surface area contributed by atoms with Crippen LogP contribution in [0.15, 0.2) is 30.6 Å². The minimum Gasteiger partial charge on any atom is -0.504 e. The number of phenols is 2. The van der Waals surface area contributed by atoms with E-state index in [0.29, 0.717) is 13.1 Å². The van der Waals surface area contributed by atoms with Gasteiger partial charge in [0, 0.05) is 24.8 Å². The zero-order chi connectivity index (χ0) is 11.4. The summed E-state index contributed by atoms with van der Waals surface area (Å²) in [4.78, 5) is 0. The lowest BCUT2D eigenvalue weighted by molar-refractivity contribution is 0.403. The Hall–Kier alpha value is -2.01. The minimum atomic E-state index is -0.0985. The maximum Gasteiger partial charge on any atom is 0.157 e. The normalized spacial score (nSPS) is 10.5. The van der Waals surface area contributed by atoms with Gasteiger partial charge in [0.25, 0.3) is 0 Å². The summed E-state index contributed by atoms with van der Waals surface area (Å²) in [5.74, 6) is -0.193. The van der Waals surface area contributed by atoms with Gasteiger partial charge in [-0.25, -0.2) is 0 Å². The van der Waals surface area contributed by atoms with E-state index in [9.17, 15) is 5.11 Å². The topological polar surface area (TPSA) is 81.2 Å². The third kappa shape index (κ3) is 2.52. The highest BCUT2D eigenvalue weighted by atomic mass is 16.3. The van der Waals surface area contributed by atoms with Gasteiger partial charge in [-0.3, -0.25) is 5.10 Å². The highest BCUT2D eigenvalue weighted by molar-refractivity contribution is 5.40. The highest BCUT2D eigenvalue weighted by Gasteiger charge is 2.00. The second kappa shape index (κ2) is 4.67. The summed E-state index contributed by atoms with van der Waals surface area (Å²) in [6.07, 6.45) is 3.57. The summed E-state index contributed by atoms with van der Waals surface area (Å²) in [6, 6.07) is 4.78. The molecule has 1 heterocycles. The second-order valence-corrected chi connectivity index (χ2v) is 3.53. The largest absolute Gasteiger partial charge is 0.504 e. The molecule has 5 heteroatoms. The van der Waals surface area contributed by atoms with Gasteiger partial charge < -0.3 is 15.5 Å². The third-order valence-corrected chi connectivity index (χ3v) is 2.25. The molecule has 0 bridgehead atoms. The van der Waals surface area contributed by atoms with Crippen LogP contribution in [-0.4, -0.2) is 20.4 Å². The predicted molar refractivity (Wildman–Crippen MR) is 58.9 cm³/mol. The zero-order valence-electron chi connectivity index (χ0n) is 8.64. The standard InChI is InChI=1S/C11H13N3O2/c15-10-2-1-8(3-11(10)16)4-12-5-9-6-13-14-7-9/h1-3,6-7,12,15-16H,4-5H2,(H,13,14). The number of nitrogens with zero attached hydrogens (tertiary/aromatic N) is 1. The molecule has 0 amide bonds. The van der Waals surface area contributed by atoms with Gasteiger partial charge in [0.05, 0.1) is 6.20 Å². The molecule has 0 spiro atoms. The Morgan fingerprint density at radius 1 is 1.12 bits per heavy atom. The molecule has 0 fully saturated rings. The Labute approximate surface area is 92.8 Å². The Balaban J connectivity index is 1.87. The number of aromatic hydroxyl groups is 2. The number of hydrogen-bond donors (Lipinski definition) is 4. The maximum atomic E-state index is 9.29. The van der Waals surface area contributed by atoms with E-state index in [-0.39, 0.29) is 11.5 Å². The number of H-pyrrole nitrogens is 1. The van der Waals surface area contributed by atoms with Crippen molar-refractivity contribution in [3.8, 4) is 11.5 Å². The van der Waals surface area contributed by atoms with Crippen LogP contribution in [0.5, 0.6) is 11.5 Å². The van der Waals surface area contributed by atoms with Crippen molar-refractivity contribution < 1.29 is 10.2 Å². The SMILES string of the molecule is Oc1ccc(CNCc2cn[nH]c2)cc1O. The summed E-state index contributed by atoms with van der Waals surface area (Å²) in [5.41, 5.74) is 1.99. The molecule has 0 aliphatic carbocycles. The average Bonchev–Trinajstić information content (AvgIpc) is 2.76. The number of phenolic OH excluding ortho intramolecular Hbond substituents is 2. The van der Waals surface area contributed by atoms with Crippen molar-refractivity contribution in [3.05, 3.63) is 41.7 Å². The fraction of sp³-hybridized carbons (Fsp3) is 0.182. The van der Waals surface area contributed by atoms with Gasteiger partial charge in [-0.05, 0) is 17.7 Å². The summed E-state index contributed by atoms with van der Waals surface area (Å²) in [6.45, 7) is 1.33. The fourth-order valence-corrected chi connectivity index (χ4v) is 1.40. The summed E-state index contributed by atoms with van der Waals surface area (Å²) < 4.78 is 0. The van der Waals surface area contributed by atoms with E-state index in [1.165, 1.54) is 12.1 Å². The van der Waals surface area contributed by atoms with Crippen LogP contribution >= 0.6 is 0 Å². The van der Waals surface area contributed by atoms with Crippen LogP contribution in [0, 0.1) is 0 Å². The lowest BCUT2D eigenvalue weighted by Crippen LogP contribution is -2.11. The highest BCUT2D eigenvalue weighted by Crippen LogP contribution is 2.24. The van der Waals surface area contributed by atoms with Crippen LogP contribution in [0.3, 0.4) is 0 Å². The van der Waals surface area contributed by atoms with E-state index in [0.717, 1.165) is 11.1 Å². The number of aromatic amines is 1. The maximum absolute atomic E-state index is 9.29. The lowest BCUT2D eigenvalue weighted by Gasteiger charge is -2.04. The van der Waals surface area contributed by atoms with Gasteiger partial charge >= 0.3 is 0 Å². The number of nitrogens with one attached hydrogen (secondary N) is 2. The van der Waals surface area contributed by atoms with Crippen molar-refractivity contribution in [2.75, 3.05) is 0 Å². The van der Waals surface area contributed by atoms with Crippen molar-refractivity contribution >= 4 is 0 Å². The van der Waals surface area contributed by atoms with E-state index in [1.807, 2.05) is 6.20 Å². The number of aromatic nitrogens is 2. The monoisotopic (exact) mass is 219 g/mol. The molecule has 0 saturated heterocycles. The molecule has 84 valence electrons. The van der Waals surface area contributed by atoms with Crippen molar-refractivity contribution in [2.24, 2.45) is 0 Å². The molecule has 4 N–H and O–H groups in total. The first-order valence-corrected chi connectivity index (χ1v) is 4.95. The van der Waals surface area contributed by atoms with Crippen molar-refractivity contribution in [1.29, 1.82) is 0 Å². The Morgan fingerprint density at radius 2 is 1.94 bits per heavy atom. The first-order chi connectivity index (χ1) is 7.75. The van der Waals surface area contributed by atoms with Gasteiger partial charge in [-0.2, -0.15) is 5.10 Å². The van der Waals surface area contributed by atoms with Gasteiger partial charge in [-0.1, -0.05) is 6.07 Å². The van der Waals surface area contributed by atoms with E-state index >= 15 is 0 Å². The average molecular weight is 219 g/mol. The Morgan fingerprint density at radius 3 is 2.62 bits per heavy atom. The van der Waals surface area contributed by atoms with Gasteiger partial charge in [0.1, 0.15) is 0 Å².